The van der Waals surface area contributed by atoms with Crippen LogP contribution in [0, 0.1) is 0 Å². The summed E-state index contributed by atoms with van der Waals surface area (Å²) >= 11 is 0. The van der Waals surface area contributed by atoms with Gasteiger partial charge in [-0.25, -0.2) is 9.98 Å². The molecular weight excluding hydrogens is 231 g/mol. The van der Waals surface area contributed by atoms with Crippen molar-refractivity contribution in [1.82, 2.24) is 0 Å². The third kappa shape index (κ3) is 3.00. The number of rotatable bonds is 2. The van der Waals surface area contributed by atoms with Crippen LogP contribution in [0.15, 0.2) is 21.7 Å². The summed E-state index contributed by atoms with van der Waals surface area (Å²) in [5.74, 6) is 0. The average Bonchev–Trinajstić information content (AvgIpc) is 2.49. The van der Waals surface area contributed by atoms with Gasteiger partial charge in [-0.15, -0.1) is 0 Å². The van der Waals surface area contributed by atoms with Crippen LogP contribution in [0.2, 0.25) is 0 Å². The SMILES string of the molecule is C=N/C(=N\C=C(/C)B1OC(C)(C)C(C)(C)O1)OC. The van der Waals surface area contributed by atoms with Gasteiger partial charge in [-0.3, -0.25) is 0 Å². The van der Waals surface area contributed by atoms with Crippen molar-refractivity contribution in [2.75, 3.05) is 7.11 Å². The van der Waals surface area contributed by atoms with Crippen LogP contribution in [-0.2, 0) is 14.0 Å². The Labute approximate surface area is 109 Å². The van der Waals surface area contributed by atoms with Crippen molar-refractivity contribution in [3.63, 3.8) is 0 Å². The van der Waals surface area contributed by atoms with Crippen molar-refractivity contribution in [3.05, 3.63) is 11.7 Å². The van der Waals surface area contributed by atoms with Crippen LogP contribution in [0.25, 0.3) is 0 Å². The largest absolute Gasteiger partial charge is 0.491 e. The van der Waals surface area contributed by atoms with Gasteiger partial charge in [0.1, 0.15) is 0 Å². The Morgan fingerprint density at radius 3 is 2.11 bits per heavy atom. The van der Waals surface area contributed by atoms with E-state index in [1.54, 1.807) is 6.20 Å². The molecule has 18 heavy (non-hydrogen) atoms. The predicted octanol–water partition coefficient (Wildman–Crippen LogP) is 2.22. The fourth-order valence-corrected chi connectivity index (χ4v) is 1.40. The van der Waals surface area contributed by atoms with Crippen molar-refractivity contribution in [2.24, 2.45) is 9.98 Å². The lowest BCUT2D eigenvalue weighted by atomic mass is 9.80. The molecule has 0 atom stereocenters. The Hall–Kier alpha value is -1.14. The summed E-state index contributed by atoms with van der Waals surface area (Å²) in [4.78, 5) is 7.66. The van der Waals surface area contributed by atoms with E-state index in [4.69, 9.17) is 14.0 Å². The minimum atomic E-state index is -0.401. The summed E-state index contributed by atoms with van der Waals surface area (Å²) in [6.45, 7) is 13.3. The summed E-state index contributed by atoms with van der Waals surface area (Å²) in [6, 6.07) is 0.214. The Kier molecular flexibility index (Phi) is 4.34. The number of ether oxygens (including phenoxy) is 1. The van der Waals surface area contributed by atoms with Crippen LogP contribution < -0.4 is 0 Å². The highest BCUT2D eigenvalue weighted by atomic mass is 16.7. The molecule has 0 unspecified atom stereocenters. The zero-order chi connectivity index (χ0) is 14.0. The molecule has 1 fully saturated rings. The molecule has 1 rings (SSSR count). The van der Waals surface area contributed by atoms with Crippen molar-refractivity contribution < 1.29 is 14.0 Å². The molecule has 0 bridgehead atoms. The standard InChI is InChI=1S/C12H21BN2O3/c1-9(8-15-10(14-6)16-7)13-17-11(2,3)12(4,5)18-13/h8H,6H2,1-5,7H3/b9-8+,15-10+. The van der Waals surface area contributed by atoms with Crippen molar-refractivity contribution in [2.45, 2.75) is 45.8 Å². The Morgan fingerprint density at radius 2 is 1.72 bits per heavy atom. The lowest BCUT2D eigenvalue weighted by Crippen LogP contribution is -2.41. The highest BCUT2D eigenvalue weighted by molar-refractivity contribution is 6.54. The average molecular weight is 252 g/mol. The first-order chi connectivity index (χ1) is 8.23. The highest BCUT2D eigenvalue weighted by Gasteiger charge is 2.51. The zero-order valence-electron chi connectivity index (χ0n) is 12.0. The minimum absolute atomic E-state index is 0.214. The third-order valence-corrected chi connectivity index (χ3v) is 3.32. The second-order valence-electron chi connectivity index (χ2n) is 5.24. The van der Waals surface area contributed by atoms with E-state index in [9.17, 15) is 0 Å². The van der Waals surface area contributed by atoms with E-state index in [0.717, 1.165) is 5.47 Å². The van der Waals surface area contributed by atoms with Crippen molar-refractivity contribution in [3.8, 4) is 0 Å². The molecule has 0 N–H and O–H groups in total. The maximum absolute atomic E-state index is 5.88. The monoisotopic (exact) mass is 252 g/mol. The van der Waals surface area contributed by atoms with Crippen molar-refractivity contribution >= 4 is 19.9 Å². The second kappa shape index (κ2) is 5.24. The minimum Gasteiger partial charge on any atom is -0.467 e. The lowest BCUT2D eigenvalue weighted by Gasteiger charge is -2.32. The maximum atomic E-state index is 5.88. The van der Waals surface area contributed by atoms with Gasteiger partial charge in [-0.2, -0.15) is 0 Å². The molecule has 0 radical (unpaired) electrons. The number of hydrogen-bond acceptors (Lipinski definition) is 4. The lowest BCUT2D eigenvalue weighted by molar-refractivity contribution is 0.00578. The molecule has 0 aliphatic carbocycles. The zero-order valence-corrected chi connectivity index (χ0v) is 12.0. The van der Waals surface area contributed by atoms with Crippen LogP contribution in [-0.4, -0.2) is 38.2 Å². The van der Waals surface area contributed by atoms with E-state index in [1.807, 2.05) is 34.6 Å². The number of amidine groups is 1. The molecule has 1 heterocycles. The number of aliphatic imine (C=N–C) groups is 2. The number of nitrogens with zero attached hydrogens (tertiary/aromatic N) is 2. The summed E-state index contributed by atoms with van der Waals surface area (Å²) in [5, 5.41) is 0. The summed E-state index contributed by atoms with van der Waals surface area (Å²) < 4.78 is 16.6. The molecule has 0 aromatic carbocycles. The Balaban J connectivity index is 2.82. The molecule has 0 aromatic rings. The third-order valence-electron chi connectivity index (χ3n) is 3.32. The van der Waals surface area contributed by atoms with Gasteiger partial charge in [-0.05, 0) is 46.8 Å². The molecule has 100 valence electrons. The fraction of sp³-hybridized carbons (Fsp3) is 0.667. The van der Waals surface area contributed by atoms with E-state index in [0.29, 0.717) is 0 Å². The molecule has 1 aliphatic rings. The first kappa shape index (κ1) is 14.9. The highest BCUT2D eigenvalue weighted by Crippen LogP contribution is 2.38. The summed E-state index contributed by atoms with van der Waals surface area (Å²) in [5.41, 5.74) is 0.154. The number of methoxy groups -OCH3 is 1. The van der Waals surface area contributed by atoms with E-state index in [1.165, 1.54) is 7.11 Å². The fourth-order valence-electron chi connectivity index (χ4n) is 1.40. The summed E-state index contributed by atoms with van der Waals surface area (Å²) in [7, 11) is 1.09. The van der Waals surface area contributed by atoms with E-state index >= 15 is 0 Å². The van der Waals surface area contributed by atoms with Crippen LogP contribution >= 0.6 is 0 Å². The molecule has 6 heteroatoms. The maximum Gasteiger partial charge on any atom is 0.491 e. The van der Waals surface area contributed by atoms with Crippen molar-refractivity contribution in [1.29, 1.82) is 0 Å². The predicted molar refractivity (Wildman–Crippen MR) is 73.8 cm³/mol. The van der Waals surface area contributed by atoms with Gasteiger partial charge in [0, 0.05) is 6.20 Å². The number of allylic oxidation sites excluding steroid dienone is 1. The van der Waals surface area contributed by atoms with Gasteiger partial charge in [0.2, 0.25) is 0 Å². The molecule has 5 nitrogen and oxygen atoms in total. The molecular formula is C12H21BN2O3. The second-order valence-corrected chi connectivity index (χ2v) is 5.24. The van der Waals surface area contributed by atoms with Gasteiger partial charge in [-0.1, -0.05) is 0 Å². The van der Waals surface area contributed by atoms with Gasteiger partial charge in [0.05, 0.1) is 18.3 Å². The molecule has 0 aromatic heterocycles. The van der Waals surface area contributed by atoms with Crippen LogP contribution in [0.3, 0.4) is 0 Å². The summed E-state index contributed by atoms with van der Waals surface area (Å²) in [6.07, 6.45) is 1.62. The quantitative estimate of drug-likeness (QED) is 0.430. The molecule has 0 amide bonds. The molecule has 0 saturated carbocycles. The first-order valence-electron chi connectivity index (χ1n) is 5.84. The smallest absolute Gasteiger partial charge is 0.467 e. The van der Waals surface area contributed by atoms with Crippen LogP contribution in [0.4, 0.5) is 0 Å². The van der Waals surface area contributed by atoms with Gasteiger partial charge in [0.25, 0.3) is 0 Å². The topological polar surface area (TPSA) is 52.4 Å². The normalized spacial score (nSPS) is 23.1. The molecule has 1 saturated heterocycles. The Bertz CT molecular complexity index is 373. The van der Waals surface area contributed by atoms with Gasteiger partial charge in [0.15, 0.2) is 0 Å². The van der Waals surface area contributed by atoms with Crippen LogP contribution in [0.5, 0.6) is 0 Å². The van der Waals surface area contributed by atoms with E-state index in [-0.39, 0.29) is 17.2 Å². The first-order valence-corrected chi connectivity index (χ1v) is 5.84. The molecule has 1 aliphatic heterocycles. The van der Waals surface area contributed by atoms with Crippen LogP contribution in [0.1, 0.15) is 34.6 Å². The Morgan fingerprint density at radius 1 is 1.22 bits per heavy atom. The van der Waals surface area contributed by atoms with Gasteiger partial charge < -0.3 is 14.0 Å². The van der Waals surface area contributed by atoms with E-state index in [2.05, 4.69) is 16.7 Å². The van der Waals surface area contributed by atoms with Gasteiger partial charge >= 0.3 is 13.1 Å². The number of hydrogen-bond donors (Lipinski definition) is 0. The molecule has 0 spiro atoms. The van der Waals surface area contributed by atoms with E-state index < -0.39 is 7.12 Å².